The fraction of sp³-hybridized carbons (Fsp3) is 0.929. The van der Waals surface area contributed by atoms with Crippen molar-refractivity contribution in [1.29, 1.82) is 0 Å². The van der Waals surface area contributed by atoms with Gasteiger partial charge in [0.15, 0.2) is 0 Å². The molecular formula is C14H31N3O. The van der Waals surface area contributed by atoms with Crippen molar-refractivity contribution in [3.05, 3.63) is 0 Å². The molecule has 0 aromatic rings. The van der Waals surface area contributed by atoms with Crippen LogP contribution in [0.15, 0.2) is 0 Å². The van der Waals surface area contributed by atoms with Crippen LogP contribution in [0.1, 0.15) is 47.5 Å². The Kier molecular flexibility index (Phi) is 9.02. The lowest BCUT2D eigenvalue weighted by atomic mass is 10.0. The molecule has 0 aliphatic rings. The smallest absolute Gasteiger partial charge is 0.237 e. The van der Waals surface area contributed by atoms with E-state index in [4.69, 9.17) is 5.73 Å². The lowest BCUT2D eigenvalue weighted by Gasteiger charge is -2.21. The van der Waals surface area contributed by atoms with Crippen molar-refractivity contribution >= 4 is 5.91 Å². The summed E-state index contributed by atoms with van der Waals surface area (Å²) in [6.07, 6.45) is 2.12. The number of carbonyl (C=O) groups is 1. The number of carbonyl (C=O) groups excluding carboxylic acids is 1. The first kappa shape index (κ1) is 17.4. The number of hydrogen-bond acceptors (Lipinski definition) is 3. The van der Waals surface area contributed by atoms with Gasteiger partial charge in [0.05, 0.1) is 6.04 Å². The van der Waals surface area contributed by atoms with Gasteiger partial charge in [-0.05, 0) is 45.3 Å². The van der Waals surface area contributed by atoms with Gasteiger partial charge in [-0.3, -0.25) is 4.79 Å². The molecule has 0 rings (SSSR count). The molecule has 0 heterocycles. The number of nitrogens with one attached hydrogen (secondary N) is 1. The summed E-state index contributed by atoms with van der Waals surface area (Å²) in [5.41, 5.74) is 5.81. The zero-order valence-electron chi connectivity index (χ0n) is 12.7. The van der Waals surface area contributed by atoms with Crippen molar-refractivity contribution < 1.29 is 4.79 Å². The Morgan fingerprint density at radius 1 is 1.22 bits per heavy atom. The lowest BCUT2D eigenvalue weighted by Crippen LogP contribution is -2.47. The van der Waals surface area contributed by atoms with Crippen LogP contribution in [0.3, 0.4) is 0 Å². The van der Waals surface area contributed by atoms with Gasteiger partial charge < -0.3 is 16.0 Å². The van der Waals surface area contributed by atoms with Crippen molar-refractivity contribution in [2.45, 2.75) is 59.5 Å². The second-order valence-corrected chi connectivity index (χ2v) is 5.35. The standard InChI is InChI=1S/C14H31N3O/c1-6-17(7-2)10-8-9-12(5)16-14(18)13(15)11(3)4/h11-13H,6-10,15H2,1-5H3,(H,16,18)/t12?,13-/m0/s1. The summed E-state index contributed by atoms with van der Waals surface area (Å²) in [6, 6.07) is -0.187. The normalized spacial score (nSPS) is 14.9. The molecule has 3 N–H and O–H groups in total. The molecule has 18 heavy (non-hydrogen) atoms. The van der Waals surface area contributed by atoms with E-state index >= 15 is 0 Å². The Balaban J connectivity index is 3.83. The van der Waals surface area contributed by atoms with Crippen LogP contribution in [-0.4, -0.2) is 42.5 Å². The Bertz CT molecular complexity index is 227. The van der Waals surface area contributed by atoms with Crippen molar-refractivity contribution in [2.75, 3.05) is 19.6 Å². The van der Waals surface area contributed by atoms with E-state index in [0.29, 0.717) is 0 Å². The van der Waals surface area contributed by atoms with Crippen LogP contribution in [-0.2, 0) is 4.79 Å². The molecule has 4 nitrogen and oxygen atoms in total. The quantitative estimate of drug-likeness (QED) is 0.659. The number of nitrogens with two attached hydrogens (primary N) is 1. The molecule has 0 saturated heterocycles. The first-order valence-electron chi connectivity index (χ1n) is 7.20. The van der Waals surface area contributed by atoms with Crippen LogP contribution in [0.25, 0.3) is 0 Å². The lowest BCUT2D eigenvalue weighted by molar-refractivity contribution is -0.123. The topological polar surface area (TPSA) is 58.4 Å². The third-order valence-corrected chi connectivity index (χ3v) is 3.42. The zero-order chi connectivity index (χ0) is 14.1. The van der Waals surface area contributed by atoms with Crippen LogP contribution in [0.2, 0.25) is 0 Å². The van der Waals surface area contributed by atoms with Gasteiger partial charge in [-0.25, -0.2) is 0 Å². The maximum Gasteiger partial charge on any atom is 0.237 e. The van der Waals surface area contributed by atoms with E-state index in [1.807, 2.05) is 20.8 Å². The van der Waals surface area contributed by atoms with E-state index in [9.17, 15) is 4.79 Å². The van der Waals surface area contributed by atoms with Gasteiger partial charge in [0.25, 0.3) is 0 Å². The average molecular weight is 257 g/mol. The van der Waals surface area contributed by atoms with Crippen molar-refractivity contribution in [3.63, 3.8) is 0 Å². The minimum atomic E-state index is -0.393. The number of rotatable bonds is 9. The second kappa shape index (κ2) is 9.34. The van der Waals surface area contributed by atoms with Gasteiger partial charge in [0.2, 0.25) is 5.91 Å². The van der Waals surface area contributed by atoms with E-state index in [1.54, 1.807) is 0 Å². The van der Waals surface area contributed by atoms with Gasteiger partial charge in [-0.1, -0.05) is 27.7 Å². The van der Waals surface area contributed by atoms with Gasteiger partial charge in [0, 0.05) is 6.04 Å². The maximum atomic E-state index is 11.8. The number of amides is 1. The molecule has 0 radical (unpaired) electrons. The van der Waals surface area contributed by atoms with Crippen LogP contribution >= 0.6 is 0 Å². The zero-order valence-corrected chi connectivity index (χ0v) is 12.7. The fourth-order valence-electron chi connectivity index (χ4n) is 1.87. The Labute approximate surface area is 112 Å². The van der Waals surface area contributed by atoms with E-state index in [0.717, 1.165) is 32.5 Å². The summed E-state index contributed by atoms with van der Waals surface area (Å²) in [5.74, 6) is 0.160. The minimum absolute atomic E-state index is 0.0275. The molecule has 0 bridgehead atoms. The van der Waals surface area contributed by atoms with Crippen molar-refractivity contribution in [1.82, 2.24) is 10.2 Å². The van der Waals surface area contributed by atoms with Gasteiger partial charge in [-0.15, -0.1) is 0 Å². The van der Waals surface area contributed by atoms with E-state index in [1.165, 1.54) is 0 Å². The molecule has 1 amide bonds. The molecule has 0 spiro atoms. The Morgan fingerprint density at radius 2 is 1.78 bits per heavy atom. The molecule has 0 aromatic carbocycles. The Morgan fingerprint density at radius 3 is 2.22 bits per heavy atom. The highest BCUT2D eigenvalue weighted by atomic mass is 16.2. The third-order valence-electron chi connectivity index (χ3n) is 3.42. The van der Waals surface area contributed by atoms with Crippen molar-refractivity contribution in [2.24, 2.45) is 11.7 Å². The van der Waals surface area contributed by atoms with Crippen LogP contribution in [0.4, 0.5) is 0 Å². The van der Waals surface area contributed by atoms with Crippen LogP contribution in [0.5, 0.6) is 0 Å². The second-order valence-electron chi connectivity index (χ2n) is 5.35. The van der Waals surface area contributed by atoms with Gasteiger partial charge >= 0.3 is 0 Å². The molecule has 108 valence electrons. The minimum Gasteiger partial charge on any atom is -0.352 e. The van der Waals surface area contributed by atoms with Gasteiger partial charge in [0.1, 0.15) is 0 Å². The predicted molar refractivity (Wildman–Crippen MR) is 77.4 cm³/mol. The summed E-state index contributed by atoms with van der Waals surface area (Å²) in [6.45, 7) is 13.6. The van der Waals surface area contributed by atoms with E-state index < -0.39 is 6.04 Å². The molecular weight excluding hydrogens is 226 g/mol. The molecule has 0 aromatic heterocycles. The summed E-state index contributed by atoms with van der Waals surface area (Å²) in [7, 11) is 0. The highest BCUT2D eigenvalue weighted by Crippen LogP contribution is 2.02. The molecule has 0 aliphatic heterocycles. The molecule has 4 heteroatoms. The molecule has 0 saturated carbocycles. The average Bonchev–Trinajstić information content (AvgIpc) is 2.33. The third kappa shape index (κ3) is 6.97. The summed E-state index contributed by atoms with van der Waals surface area (Å²) < 4.78 is 0. The number of nitrogens with zero attached hydrogens (tertiary/aromatic N) is 1. The van der Waals surface area contributed by atoms with Crippen molar-refractivity contribution in [3.8, 4) is 0 Å². The van der Waals surface area contributed by atoms with Gasteiger partial charge in [-0.2, -0.15) is 0 Å². The Hall–Kier alpha value is -0.610. The van der Waals surface area contributed by atoms with Crippen LogP contribution in [0, 0.1) is 5.92 Å². The van der Waals surface area contributed by atoms with E-state index in [-0.39, 0.29) is 17.9 Å². The molecule has 0 fully saturated rings. The molecule has 1 unspecified atom stereocenters. The largest absolute Gasteiger partial charge is 0.352 e. The summed E-state index contributed by atoms with van der Waals surface area (Å²) in [5, 5.41) is 2.99. The van der Waals surface area contributed by atoms with E-state index in [2.05, 4.69) is 24.1 Å². The predicted octanol–water partition coefficient (Wildman–Crippen LogP) is 1.60. The SMILES string of the molecule is CCN(CC)CCCC(C)NC(=O)[C@@H](N)C(C)C. The summed E-state index contributed by atoms with van der Waals surface area (Å²) >= 11 is 0. The maximum absolute atomic E-state index is 11.8. The first-order valence-corrected chi connectivity index (χ1v) is 7.20. The highest BCUT2D eigenvalue weighted by molar-refractivity contribution is 5.81. The summed E-state index contributed by atoms with van der Waals surface area (Å²) in [4.78, 5) is 14.2. The highest BCUT2D eigenvalue weighted by Gasteiger charge is 2.18. The molecule has 0 aliphatic carbocycles. The monoisotopic (exact) mass is 257 g/mol. The first-order chi connectivity index (χ1) is 8.42. The molecule has 2 atom stereocenters. The number of hydrogen-bond donors (Lipinski definition) is 2. The fourth-order valence-corrected chi connectivity index (χ4v) is 1.87. The van der Waals surface area contributed by atoms with Crippen LogP contribution < -0.4 is 11.1 Å².